The summed E-state index contributed by atoms with van der Waals surface area (Å²) in [6, 6.07) is 8.70. The zero-order valence-corrected chi connectivity index (χ0v) is 16.1. The number of amides is 3. The topological polar surface area (TPSA) is 128 Å². The van der Waals surface area contributed by atoms with Gasteiger partial charge in [0.15, 0.2) is 5.69 Å². The van der Waals surface area contributed by atoms with Crippen molar-refractivity contribution in [1.82, 2.24) is 30.4 Å². The Balaban J connectivity index is 1.75. The van der Waals surface area contributed by atoms with Crippen LogP contribution >= 0.6 is 0 Å². The summed E-state index contributed by atoms with van der Waals surface area (Å²) in [5.41, 5.74) is 8.50. The molecule has 0 aliphatic carbocycles. The van der Waals surface area contributed by atoms with Gasteiger partial charge in [-0.05, 0) is 49.6 Å². The highest BCUT2D eigenvalue weighted by molar-refractivity contribution is 5.93. The first-order valence-electron chi connectivity index (χ1n) is 9.29. The number of hydrogen-bond donors (Lipinski definition) is 3. The fourth-order valence-electron chi connectivity index (χ4n) is 2.72. The van der Waals surface area contributed by atoms with Crippen molar-refractivity contribution in [1.29, 1.82) is 0 Å². The van der Waals surface area contributed by atoms with Crippen LogP contribution in [0.1, 0.15) is 28.9 Å². The number of nitrogens with one attached hydrogen (secondary N) is 2. The van der Waals surface area contributed by atoms with Crippen LogP contribution in [0.25, 0.3) is 17.1 Å². The number of carbonyl (C=O) groups excluding carboxylic acids is 2. The Labute approximate surface area is 168 Å². The number of primary amides is 1. The number of unbranched alkanes of at least 4 members (excludes halogenated alkanes) is 1. The average Bonchev–Trinajstić information content (AvgIpc) is 3.17. The van der Waals surface area contributed by atoms with E-state index in [2.05, 4.69) is 25.7 Å². The lowest BCUT2D eigenvalue weighted by atomic mass is 10.2. The Kier molecular flexibility index (Phi) is 6.51. The van der Waals surface area contributed by atoms with Crippen LogP contribution in [0.3, 0.4) is 0 Å². The zero-order valence-electron chi connectivity index (χ0n) is 16.1. The number of nitrogens with two attached hydrogens (primary N) is 1. The lowest BCUT2D eigenvalue weighted by Gasteiger charge is -2.06. The second-order valence-corrected chi connectivity index (χ2v) is 6.51. The molecular formula is C20H23N7O2. The van der Waals surface area contributed by atoms with Crippen molar-refractivity contribution >= 4 is 11.9 Å². The van der Waals surface area contributed by atoms with Gasteiger partial charge in [0.1, 0.15) is 0 Å². The van der Waals surface area contributed by atoms with Crippen LogP contribution in [0.15, 0.2) is 48.9 Å². The highest BCUT2D eigenvalue weighted by atomic mass is 16.2. The number of pyridine rings is 2. The number of urea groups is 1. The predicted molar refractivity (Wildman–Crippen MR) is 108 cm³/mol. The molecule has 9 heteroatoms. The van der Waals surface area contributed by atoms with Crippen molar-refractivity contribution in [2.24, 2.45) is 5.73 Å². The first-order valence-corrected chi connectivity index (χ1v) is 9.29. The standard InChI is InChI=1S/C20H23N7O2/c1-14-6-7-16(25-12-14)18-11-17(26-27(18)15-5-4-8-22-13-15)19(28)23-9-2-3-10-24-20(21)29/h4-8,11-13H,2-3,9-10H2,1H3,(H,23,28)(H3,21,24,29). The molecule has 0 spiro atoms. The van der Waals surface area contributed by atoms with Crippen LogP contribution in [-0.2, 0) is 0 Å². The molecule has 0 saturated heterocycles. The number of rotatable bonds is 8. The fraction of sp³-hybridized carbons (Fsp3) is 0.250. The summed E-state index contributed by atoms with van der Waals surface area (Å²) in [7, 11) is 0. The van der Waals surface area contributed by atoms with Gasteiger partial charge >= 0.3 is 6.03 Å². The van der Waals surface area contributed by atoms with Crippen molar-refractivity contribution in [3.05, 3.63) is 60.2 Å². The van der Waals surface area contributed by atoms with Gasteiger partial charge in [-0.3, -0.25) is 14.8 Å². The van der Waals surface area contributed by atoms with Gasteiger partial charge in [-0.2, -0.15) is 5.10 Å². The van der Waals surface area contributed by atoms with E-state index in [1.54, 1.807) is 29.3 Å². The molecule has 150 valence electrons. The summed E-state index contributed by atoms with van der Waals surface area (Å²) in [6.07, 6.45) is 6.55. The summed E-state index contributed by atoms with van der Waals surface area (Å²) in [5, 5.41) is 9.83. The molecule has 4 N–H and O–H groups in total. The molecule has 0 aliphatic rings. The third-order valence-corrected chi connectivity index (χ3v) is 4.19. The van der Waals surface area contributed by atoms with Gasteiger partial charge in [0.25, 0.3) is 5.91 Å². The molecule has 29 heavy (non-hydrogen) atoms. The number of aromatic nitrogens is 4. The summed E-state index contributed by atoms with van der Waals surface area (Å²) >= 11 is 0. The Bertz CT molecular complexity index is 968. The van der Waals surface area contributed by atoms with E-state index >= 15 is 0 Å². The van der Waals surface area contributed by atoms with Gasteiger partial charge in [0.05, 0.1) is 23.3 Å². The van der Waals surface area contributed by atoms with Gasteiger partial charge in [-0.15, -0.1) is 0 Å². The maximum Gasteiger partial charge on any atom is 0.312 e. The van der Waals surface area contributed by atoms with Crippen LogP contribution in [0.2, 0.25) is 0 Å². The first kappa shape index (κ1) is 20.0. The minimum atomic E-state index is -0.549. The smallest absolute Gasteiger partial charge is 0.312 e. The molecule has 0 aromatic carbocycles. The molecular weight excluding hydrogens is 370 g/mol. The quantitative estimate of drug-likeness (QED) is 0.503. The SMILES string of the molecule is Cc1ccc(-c2cc(C(=O)NCCCCNC(N)=O)nn2-c2cccnc2)nc1. The van der Waals surface area contributed by atoms with Crippen LogP contribution in [-0.4, -0.2) is 44.8 Å². The summed E-state index contributed by atoms with van der Waals surface area (Å²) in [6.45, 7) is 2.91. The van der Waals surface area contributed by atoms with Gasteiger partial charge in [0.2, 0.25) is 0 Å². The lowest BCUT2D eigenvalue weighted by Crippen LogP contribution is -2.31. The summed E-state index contributed by atoms with van der Waals surface area (Å²) < 4.78 is 1.66. The number of carbonyl (C=O) groups is 2. The van der Waals surface area contributed by atoms with E-state index in [9.17, 15) is 9.59 Å². The van der Waals surface area contributed by atoms with E-state index in [0.717, 1.165) is 11.3 Å². The van der Waals surface area contributed by atoms with Gasteiger partial charge < -0.3 is 16.4 Å². The summed E-state index contributed by atoms with van der Waals surface area (Å²) in [4.78, 5) is 31.8. The molecule has 0 fully saturated rings. The molecule has 3 amide bonds. The zero-order chi connectivity index (χ0) is 20.6. The Morgan fingerprint density at radius 1 is 1.10 bits per heavy atom. The Hall–Kier alpha value is -3.75. The summed E-state index contributed by atoms with van der Waals surface area (Å²) in [5.74, 6) is -0.274. The normalized spacial score (nSPS) is 10.5. The van der Waals surface area contributed by atoms with Crippen LogP contribution in [0, 0.1) is 6.92 Å². The number of hydrogen-bond acceptors (Lipinski definition) is 5. The van der Waals surface area contributed by atoms with Crippen molar-refractivity contribution < 1.29 is 9.59 Å². The van der Waals surface area contributed by atoms with Crippen molar-refractivity contribution in [3.8, 4) is 17.1 Å². The van der Waals surface area contributed by atoms with E-state index < -0.39 is 6.03 Å². The Morgan fingerprint density at radius 2 is 1.90 bits per heavy atom. The van der Waals surface area contributed by atoms with Crippen LogP contribution in [0.4, 0.5) is 4.79 Å². The molecule has 0 saturated carbocycles. The molecule has 0 bridgehead atoms. The van der Waals surface area contributed by atoms with Crippen molar-refractivity contribution in [2.75, 3.05) is 13.1 Å². The molecule has 0 radical (unpaired) electrons. The minimum Gasteiger partial charge on any atom is -0.352 e. The molecule has 9 nitrogen and oxygen atoms in total. The van der Waals surface area contributed by atoms with Crippen molar-refractivity contribution in [2.45, 2.75) is 19.8 Å². The predicted octanol–water partition coefficient (Wildman–Crippen LogP) is 1.82. The molecule has 3 aromatic rings. The van der Waals surface area contributed by atoms with Crippen molar-refractivity contribution in [3.63, 3.8) is 0 Å². The molecule has 0 unspecified atom stereocenters. The van der Waals surface area contributed by atoms with Gasteiger partial charge in [0, 0.05) is 25.5 Å². The van der Waals surface area contributed by atoms with Gasteiger partial charge in [-0.25, -0.2) is 9.48 Å². The third-order valence-electron chi connectivity index (χ3n) is 4.19. The van der Waals surface area contributed by atoms with E-state index in [0.29, 0.717) is 43.0 Å². The maximum absolute atomic E-state index is 12.6. The third kappa shape index (κ3) is 5.38. The van der Waals surface area contributed by atoms with Crippen LogP contribution < -0.4 is 16.4 Å². The van der Waals surface area contributed by atoms with E-state index in [1.165, 1.54) is 0 Å². The maximum atomic E-state index is 12.6. The van der Waals surface area contributed by atoms with Crippen LogP contribution in [0.5, 0.6) is 0 Å². The fourth-order valence-corrected chi connectivity index (χ4v) is 2.72. The van der Waals surface area contributed by atoms with E-state index in [1.807, 2.05) is 31.2 Å². The van der Waals surface area contributed by atoms with Gasteiger partial charge in [-0.1, -0.05) is 6.07 Å². The molecule has 0 atom stereocenters. The highest BCUT2D eigenvalue weighted by Crippen LogP contribution is 2.22. The number of nitrogens with zero attached hydrogens (tertiary/aromatic N) is 4. The van der Waals surface area contributed by atoms with E-state index in [-0.39, 0.29) is 5.91 Å². The minimum absolute atomic E-state index is 0.274. The number of aryl methyl sites for hydroxylation is 1. The highest BCUT2D eigenvalue weighted by Gasteiger charge is 2.17. The average molecular weight is 393 g/mol. The lowest BCUT2D eigenvalue weighted by molar-refractivity contribution is 0.0947. The largest absolute Gasteiger partial charge is 0.352 e. The molecule has 0 aliphatic heterocycles. The van der Waals surface area contributed by atoms with E-state index in [4.69, 9.17) is 5.73 Å². The monoisotopic (exact) mass is 393 g/mol. The first-order chi connectivity index (χ1) is 14.0. The second kappa shape index (κ2) is 9.45. The molecule has 3 rings (SSSR count). The molecule has 3 heterocycles. The Morgan fingerprint density at radius 3 is 2.55 bits per heavy atom. The molecule has 3 aromatic heterocycles. The second-order valence-electron chi connectivity index (χ2n) is 6.51.